The van der Waals surface area contributed by atoms with Crippen molar-refractivity contribution >= 4 is 17.2 Å². The molecule has 1 aliphatic heterocycles. The van der Waals surface area contributed by atoms with Crippen LogP contribution in [0.4, 0.5) is 0 Å². The molecule has 100 valence electrons. The molecule has 1 fully saturated rings. The Morgan fingerprint density at radius 1 is 1.42 bits per heavy atom. The van der Waals surface area contributed by atoms with Crippen LogP contribution < -0.4 is 5.32 Å². The quantitative estimate of drug-likeness (QED) is 0.844. The molecule has 0 atom stereocenters. The summed E-state index contributed by atoms with van der Waals surface area (Å²) in [5.41, 5.74) is 0. The summed E-state index contributed by atoms with van der Waals surface area (Å²) < 4.78 is 1.57. The van der Waals surface area contributed by atoms with Gasteiger partial charge in [0.2, 0.25) is 5.91 Å². The average molecular weight is 278 g/mol. The van der Waals surface area contributed by atoms with E-state index in [1.54, 1.807) is 16.0 Å². The lowest BCUT2D eigenvalue weighted by Gasteiger charge is -2.27. The zero-order valence-electron chi connectivity index (χ0n) is 10.3. The second kappa shape index (κ2) is 5.45. The third-order valence-corrected chi connectivity index (χ3v) is 3.89. The zero-order valence-corrected chi connectivity index (χ0v) is 11.1. The fraction of sp³-hybridized carbons (Fsp3) is 0.455. The van der Waals surface area contributed by atoms with Gasteiger partial charge in [-0.2, -0.15) is 0 Å². The number of piperazine rings is 1. The van der Waals surface area contributed by atoms with Crippen molar-refractivity contribution in [1.82, 2.24) is 30.4 Å². The Labute approximate surface area is 114 Å². The highest BCUT2D eigenvalue weighted by Gasteiger charge is 2.19. The molecular weight excluding hydrogens is 264 g/mol. The number of carbonyl (C=O) groups is 1. The molecule has 2 aromatic rings. The van der Waals surface area contributed by atoms with Crippen molar-refractivity contribution in [2.75, 3.05) is 26.2 Å². The number of thiophene rings is 1. The topological polar surface area (TPSA) is 75.9 Å². The van der Waals surface area contributed by atoms with Gasteiger partial charge in [0.05, 0.1) is 4.88 Å². The molecule has 7 nitrogen and oxygen atoms in total. The monoisotopic (exact) mass is 278 g/mol. The molecule has 0 bridgehead atoms. The molecule has 0 aliphatic carbocycles. The number of amides is 1. The van der Waals surface area contributed by atoms with Crippen LogP contribution in [-0.2, 0) is 11.3 Å². The Morgan fingerprint density at radius 3 is 3.00 bits per heavy atom. The highest BCUT2D eigenvalue weighted by atomic mass is 32.1. The van der Waals surface area contributed by atoms with Gasteiger partial charge >= 0.3 is 0 Å². The van der Waals surface area contributed by atoms with Crippen LogP contribution in [-0.4, -0.2) is 57.2 Å². The van der Waals surface area contributed by atoms with Crippen molar-refractivity contribution in [2.24, 2.45) is 0 Å². The highest BCUT2D eigenvalue weighted by Crippen LogP contribution is 2.21. The summed E-state index contributed by atoms with van der Waals surface area (Å²) in [6.07, 6.45) is 0. The van der Waals surface area contributed by atoms with Gasteiger partial charge in [-0.15, -0.1) is 16.4 Å². The minimum atomic E-state index is 0.0617. The molecule has 19 heavy (non-hydrogen) atoms. The normalized spacial score (nSPS) is 15.7. The first-order valence-corrected chi connectivity index (χ1v) is 7.01. The van der Waals surface area contributed by atoms with Crippen LogP contribution in [0.2, 0.25) is 0 Å². The lowest BCUT2D eigenvalue weighted by atomic mass is 10.3. The van der Waals surface area contributed by atoms with Gasteiger partial charge in [0.25, 0.3) is 0 Å². The zero-order chi connectivity index (χ0) is 13.1. The predicted molar refractivity (Wildman–Crippen MR) is 70.6 cm³/mol. The Kier molecular flexibility index (Phi) is 3.51. The summed E-state index contributed by atoms with van der Waals surface area (Å²) in [5.74, 6) is 0.713. The van der Waals surface area contributed by atoms with Crippen LogP contribution >= 0.6 is 11.3 Å². The second-order valence-corrected chi connectivity index (χ2v) is 5.22. The molecule has 2 aromatic heterocycles. The number of aromatic nitrogens is 4. The van der Waals surface area contributed by atoms with Crippen LogP contribution in [0.1, 0.15) is 0 Å². The average Bonchev–Trinajstić information content (AvgIpc) is 3.10. The fourth-order valence-corrected chi connectivity index (χ4v) is 2.75. The number of nitrogens with zero attached hydrogens (tertiary/aromatic N) is 5. The Morgan fingerprint density at radius 2 is 2.26 bits per heavy atom. The van der Waals surface area contributed by atoms with Gasteiger partial charge in [-0.1, -0.05) is 6.07 Å². The van der Waals surface area contributed by atoms with Crippen LogP contribution in [0.25, 0.3) is 10.7 Å². The summed E-state index contributed by atoms with van der Waals surface area (Å²) in [5, 5.41) is 16.7. The Bertz CT molecular complexity index is 545. The molecular formula is C11H14N6OS. The van der Waals surface area contributed by atoms with Crippen LogP contribution in [0, 0.1) is 0 Å². The SMILES string of the molecule is O=C(Cn1nnnc1-c1cccs1)N1CCNCC1. The minimum absolute atomic E-state index is 0.0617. The van der Waals surface area contributed by atoms with Gasteiger partial charge in [-0.05, 0) is 21.9 Å². The van der Waals surface area contributed by atoms with Crippen molar-refractivity contribution < 1.29 is 4.79 Å². The third-order valence-electron chi connectivity index (χ3n) is 3.03. The van der Waals surface area contributed by atoms with Crippen molar-refractivity contribution in [2.45, 2.75) is 6.54 Å². The first-order chi connectivity index (χ1) is 9.34. The molecule has 0 radical (unpaired) electrons. The smallest absolute Gasteiger partial charge is 0.244 e. The van der Waals surface area contributed by atoms with Gasteiger partial charge in [0.15, 0.2) is 5.82 Å². The number of hydrogen-bond donors (Lipinski definition) is 1. The lowest BCUT2D eigenvalue weighted by Crippen LogP contribution is -2.47. The van der Waals surface area contributed by atoms with Gasteiger partial charge in [0.1, 0.15) is 6.54 Å². The molecule has 1 N–H and O–H groups in total. The van der Waals surface area contributed by atoms with Crippen molar-refractivity contribution in [1.29, 1.82) is 0 Å². The number of nitrogens with one attached hydrogen (secondary N) is 1. The van der Waals surface area contributed by atoms with Gasteiger partial charge in [-0.25, -0.2) is 4.68 Å². The first kappa shape index (κ1) is 12.2. The van der Waals surface area contributed by atoms with E-state index in [1.807, 2.05) is 22.4 Å². The second-order valence-electron chi connectivity index (χ2n) is 4.27. The van der Waals surface area contributed by atoms with E-state index in [2.05, 4.69) is 20.8 Å². The standard InChI is InChI=1S/C11H14N6OS/c18-10(16-5-3-12-4-6-16)8-17-11(13-14-15-17)9-2-1-7-19-9/h1-2,7,12H,3-6,8H2. The molecule has 1 saturated heterocycles. The van der Waals surface area contributed by atoms with E-state index >= 15 is 0 Å². The molecule has 0 spiro atoms. The van der Waals surface area contributed by atoms with Crippen LogP contribution in [0.15, 0.2) is 17.5 Å². The molecule has 1 aliphatic rings. The molecule has 3 rings (SSSR count). The van der Waals surface area contributed by atoms with Crippen molar-refractivity contribution in [3.63, 3.8) is 0 Å². The summed E-state index contributed by atoms with van der Waals surface area (Å²) in [6, 6.07) is 3.89. The summed E-state index contributed by atoms with van der Waals surface area (Å²) in [7, 11) is 0. The maximum atomic E-state index is 12.2. The van der Waals surface area contributed by atoms with Gasteiger partial charge < -0.3 is 10.2 Å². The number of tetrazole rings is 1. The largest absolute Gasteiger partial charge is 0.339 e. The molecule has 0 unspecified atom stereocenters. The molecule has 0 aromatic carbocycles. The predicted octanol–water partition coefficient (Wildman–Crippen LogP) is -0.167. The van der Waals surface area contributed by atoms with Gasteiger partial charge in [0, 0.05) is 26.2 Å². The summed E-state index contributed by atoms with van der Waals surface area (Å²) in [6.45, 7) is 3.38. The molecule has 3 heterocycles. The van der Waals surface area contributed by atoms with Gasteiger partial charge in [-0.3, -0.25) is 4.79 Å². The minimum Gasteiger partial charge on any atom is -0.339 e. The number of rotatable bonds is 3. The van der Waals surface area contributed by atoms with E-state index in [1.165, 1.54) is 0 Å². The highest BCUT2D eigenvalue weighted by molar-refractivity contribution is 7.13. The molecule has 1 amide bonds. The van der Waals surface area contributed by atoms with Crippen molar-refractivity contribution in [3.8, 4) is 10.7 Å². The van der Waals surface area contributed by atoms with E-state index in [9.17, 15) is 4.79 Å². The Balaban J connectivity index is 1.73. The maximum Gasteiger partial charge on any atom is 0.244 e. The van der Waals surface area contributed by atoms with Crippen molar-refractivity contribution in [3.05, 3.63) is 17.5 Å². The first-order valence-electron chi connectivity index (χ1n) is 6.13. The van der Waals surface area contributed by atoms with E-state index in [0.717, 1.165) is 31.1 Å². The van der Waals surface area contributed by atoms with E-state index in [0.29, 0.717) is 5.82 Å². The van der Waals surface area contributed by atoms with E-state index in [4.69, 9.17) is 0 Å². The van der Waals surface area contributed by atoms with Crippen LogP contribution in [0.5, 0.6) is 0 Å². The lowest BCUT2D eigenvalue weighted by molar-refractivity contribution is -0.132. The molecule has 0 saturated carbocycles. The molecule has 8 heteroatoms. The van der Waals surface area contributed by atoms with E-state index < -0.39 is 0 Å². The van der Waals surface area contributed by atoms with E-state index in [-0.39, 0.29) is 12.5 Å². The maximum absolute atomic E-state index is 12.2. The fourth-order valence-electron chi connectivity index (χ4n) is 2.04. The Hall–Kier alpha value is -1.80. The number of hydrogen-bond acceptors (Lipinski definition) is 6. The number of carbonyl (C=O) groups excluding carboxylic acids is 1. The van der Waals surface area contributed by atoms with Crippen LogP contribution in [0.3, 0.4) is 0 Å². The third kappa shape index (κ3) is 2.64. The summed E-state index contributed by atoms with van der Waals surface area (Å²) in [4.78, 5) is 15.0. The summed E-state index contributed by atoms with van der Waals surface area (Å²) >= 11 is 1.56.